The Morgan fingerprint density at radius 3 is 2.71 bits per heavy atom. The molecule has 1 aliphatic rings. The van der Waals surface area contributed by atoms with Crippen molar-refractivity contribution in [1.82, 2.24) is 5.32 Å². The number of amides is 1. The smallest absolute Gasteiger partial charge is 0.341 e. The Bertz CT molecular complexity index is 734. The van der Waals surface area contributed by atoms with Gasteiger partial charge in [-0.05, 0) is 30.9 Å². The number of carboxylic acids is 1. The van der Waals surface area contributed by atoms with Crippen LogP contribution in [0.15, 0.2) is 24.3 Å². The van der Waals surface area contributed by atoms with E-state index in [0.29, 0.717) is 23.1 Å². The average molecular weight is 347 g/mol. The first kappa shape index (κ1) is 16.8. The second-order valence-electron chi connectivity index (χ2n) is 6.15. The summed E-state index contributed by atoms with van der Waals surface area (Å²) in [6.45, 7) is 0.217. The number of carboxylic acid groups (broad SMARTS) is 1. The van der Waals surface area contributed by atoms with E-state index in [-0.39, 0.29) is 5.91 Å². The Labute approximate surface area is 144 Å². The minimum absolute atomic E-state index is 0.179. The lowest BCUT2D eigenvalue weighted by molar-refractivity contribution is -0.139. The highest BCUT2D eigenvalue weighted by Gasteiger charge is 2.22. The first-order valence-electron chi connectivity index (χ1n) is 8.29. The van der Waals surface area contributed by atoms with Gasteiger partial charge >= 0.3 is 5.97 Å². The Morgan fingerprint density at radius 2 is 1.96 bits per heavy atom. The summed E-state index contributed by atoms with van der Waals surface area (Å²) in [6, 6.07) is 7.50. The number of ether oxygens (including phenoxy) is 1. The summed E-state index contributed by atoms with van der Waals surface area (Å²) in [5.41, 5.74) is 0. The summed E-state index contributed by atoms with van der Waals surface area (Å²) in [5, 5.41) is 12.7. The van der Waals surface area contributed by atoms with Crippen LogP contribution in [0.2, 0.25) is 0 Å². The monoisotopic (exact) mass is 347 g/mol. The quantitative estimate of drug-likeness (QED) is 0.836. The number of hydrogen-bond donors (Lipinski definition) is 2. The van der Waals surface area contributed by atoms with Crippen molar-refractivity contribution >= 4 is 33.3 Å². The van der Waals surface area contributed by atoms with Crippen LogP contribution in [-0.4, -0.2) is 30.1 Å². The van der Waals surface area contributed by atoms with Gasteiger partial charge in [0, 0.05) is 16.6 Å². The molecule has 0 unspecified atom stereocenters. The van der Waals surface area contributed by atoms with E-state index in [1.54, 1.807) is 0 Å². The average Bonchev–Trinajstić information content (AvgIpc) is 2.97. The normalized spacial score (nSPS) is 15.3. The maximum atomic E-state index is 12.6. The third-order valence-electron chi connectivity index (χ3n) is 4.37. The molecule has 6 heteroatoms. The zero-order chi connectivity index (χ0) is 16.9. The minimum Gasteiger partial charge on any atom is -0.480 e. The third-order valence-corrected chi connectivity index (χ3v) is 5.52. The van der Waals surface area contributed by atoms with E-state index in [0.717, 1.165) is 22.9 Å². The number of carbonyl (C=O) groups is 2. The fourth-order valence-corrected chi connectivity index (χ4v) is 4.22. The highest BCUT2D eigenvalue weighted by molar-refractivity contribution is 7.21. The molecule has 5 nitrogen and oxygen atoms in total. The van der Waals surface area contributed by atoms with Gasteiger partial charge in [0.2, 0.25) is 0 Å². The van der Waals surface area contributed by atoms with E-state index in [1.807, 2.05) is 24.3 Å². The molecule has 1 saturated carbocycles. The molecule has 1 aliphatic carbocycles. The lowest BCUT2D eigenvalue weighted by atomic mass is 9.89. The Balaban J connectivity index is 1.77. The number of aliphatic carboxylic acids is 1. The number of hydrogen-bond acceptors (Lipinski definition) is 4. The van der Waals surface area contributed by atoms with Crippen molar-refractivity contribution in [1.29, 1.82) is 0 Å². The van der Waals surface area contributed by atoms with Gasteiger partial charge in [0.05, 0.1) is 0 Å². The van der Waals surface area contributed by atoms with E-state index in [9.17, 15) is 9.59 Å². The molecular formula is C18H21NO4S. The molecule has 128 valence electrons. The summed E-state index contributed by atoms with van der Waals surface area (Å²) in [7, 11) is 0. The lowest BCUT2D eigenvalue weighted by Gasteiger charge is -2.21. The van der Waals surface area contributed by atoms with Crippen LogP contribution in [0.25, 0.3) is 10.1 Å². The van der Waals surface area contributed by atoms with Gasteiger partial charge in [-0.25, -0.2) is 4.79 Å². The molecule has 2 N–H and O–H groups in total. The molecular weight excluding hydrogens is 326 g/mol. The van der Waals surface area contributed by atoms with E-state index in [2.05, 4.69) is 5.32 Å². The largest absolute Gasteiger partial charge is 0.480 e. The van der Waals surface area contributed by atoms with Gasteiger partial charge in [0.1, 0.15) is 4.88 Å². The van der Waals surface area contributed by atoms with Crippen LogP contribution in [-0.2, 0) is 4.79 Å². The van der Waals surface area contributed by atoms with Crippen molar-refractivity contribution in [2.45, 2.75) is 32.1 Å². The van der Waals surface area contributed by atoms with Crippen molar-refractivity contribution in [2.24, 2.45) is 5.92 Å². The first-order chi connectivity index (χ1) is 11.6. The van der Waals surface area contributed by atoms with Gasteiger partial charge in [0.25, 0.3) is 5.91 Å². The number of carbonyl (C=O) groups excluding carboxylic acids is 1. The first-order valence-corrected chi connectivity index (χ1v) is 9.11. The summed E-state index contributed by atoms with van der Waals surface area (Å²) in [4.78, 5) is 23.9. The van der Waals surface area contributed by atoms with E-state index < -0.39 is 12.6 Å². The summed E-state index contributed by atoms with van der Waals surface area (Å²) in [6.07, 6.45) is 6.07. The number of benzene rings is 1. The van der Waals surface area contributed by atoms with Gasteiger partial charge in [-0.15, -0.1) is 11.3 Å². The van der Waals surface area contributed by atoms with Crippen LogP contribution in [0.1, 0.15) is 41.8 Å². The number of thiophene rings is 1. The predicted octanol–water partition coefficient (Wildman–Crippen LogP) is 3.67. The van der Waals surface area contributed by atoms with Crippen LogP contribution in [0.3, 0.4) is 0 Å². The molecule has 0 spiro atoms. The lowest BCUT2D eigenvalue weighted by Crippen LogP contribution is -2.30. The van der Waals surface area contributed by atoms with E-state index in [4.69, 9.17) is 9.84 Å². The van der Waals surface area contributed by atoms with Gasteiger partial charge in [-0.2, -0.15) is 0 Å². The van der Waals surface area contributed by atoms with Crippen LogP contribution >= 0.6 is 11.3 Å². The van der Waals surface area contributed by atoms with Crippen molar-refractivity contribution < 1.29 is 19.4 Å². The van der Waals surface area contributed by atoms with Crippen LogP contribution < -0.4 is 10.1 Å². The standard InChI is InChI=1S/C18H21NO4S/c20-15(21)11-23-16-13-8-4-5-9-14(13)24-17(16)18(22)19-10-12-6-2-1-3-7-12/h4-5,8-9,12H,1-3,6-7,10-11H2,(H,19,22)(H,20,21). The minimum atomic E-state index is -1.06. The molecule has 2 aromatic rings. The van der Waals surface area contributed by atoms with E-state index >= 15 is 0 Å². The maximum Gasteiger partial charge on any atom is 0.341 e. The van der Waals surface area contributed by atoms with E-state index in [1.165, 1.54) is 30.6 Å². The second kappa shape index (κ2) is 7.66. The third kappa shape index (κ3) is 3.87. The molecule has 1 amide bonds. The van der Waals surface area contributed by atoms with Crippen molar-refractivity contribution in [3.63, 3.8) is 0 Å². The Hall–Kier alpha value is -2.08. The maximum absolute atomic E-state index is 12.6. The molecule has 0 aliphatic heterocycles. The topological polar surface area (TPSA) is 75.6 Å². The fraction of sp³-hybridized carbons (Fsp3) is 0.444. The van der Waals surface area contributed by atoms with Gasteiger partial charge < -0.3 is 15.2 Å². The van der Waals surface area contributed by atoms with Gasteiger partial charge in [-0.1, -0.05) is 31.4 Å². The molecule has 1 heterocycles. The van der Waals surface area contributed by atoms with Crippen LogP contribution in [0.4, 0.5) is 0 Å². The summed E-state index contributed by atoms with van der Waals surface area (Å²) < 4.78 is 6.33. The van der Waals surface area contributed by atoms with Gasteiger partial charge in [0.15, 0.2) is 12.4 Å². The number of fused-ring (bicyclic) bond motifs is 1. The Kier molecular flexibility index (Phi) is 5.35. The molecule has 3 rings (SSSR count). The molecule has 1 fully saturated rings. The second-order valence-corrected chi connectivity index (χ2v) is 7.21. The molecule has 1 aromatic carbocycles. The number of nitrogens with one attached hydrogen (secondary N) is 1. The molecule has 0 atom stereocenters. The zero-order valence-electron chi connectivity index (χ0n) is 13.4. The highest BCUT2D eigenvalue weighted by atomic mass is 32.1. The molecule has 0 bridgehead atoms. The zero-order valence-corrected chi connectivity index (χ0v) is 14.2. The van der Waals surface area contributed by atoms with Crippen LogP contribution in [0, 0.1) is 5.92 Å². The summed E-state index contributed by atoms with van der Waals surface area (Å²) >= 11 is 1.34. The summed E-state index contributed by atoms with van der Waals surface area (Å²) in [5.74, 6) is -0.319. The van der Waals surface area contributed by atoms with Crippen molar-refractivity contribution in [3.05, 3.63) is 29.1 Å². The Morgan fingerprint density at radius 1 is 1.21 bits per heavy atom. The van der Waals surface area contributed by atoms with Crippen LogP contribution in [0.5, 0.6) is 5.75 Å². The molecule has 0 saturated heterocycles. The molecule has 0 radical (unpaired) electrons. The van der Waals surface area contributed by atoms with Crippen molar-refractivity contribution in [2.75, 3.05) is 13.2 Å². The highest BCUT2D eigenvalue weighted by Crippen LogP contribution is 2.37. The number of rotatable bonds is 6. The predicted molar refractivity (Wildman–Crippen MR) is 93.9 cm³/mol. The molecule has 24 heavy (non-hydrogen) atoms. The van der Waals surface area contributed by atoms with Crippen molar-refractivity contribution in [3.8, 4) is 5.75 Å². The molecule has 1 aromatic heterocycles. The SMILES string of the molecule is O=C(O)COc1c(C(=O)NCC2CCCCC2)sc2ccccc12. The fourth-order valence-electron chi connectivity index (χ4n) is 3.16. The van der Waals surface area contributed by atoms with Gasteiger partial charge in [-0.3, -0.25) is 4.79 Å².